The smallest absolute Gasteiger partial charge is 0.424 e. The van der Waals surface area contributed by atoms with Crippen molar-refractivity contribution in [2.75, 3.05) is 37.9 Å². The van der Waals surface area contributed by atoms with E-state index in [9.17, 15) is 28.3 Å². The number of imidazole rings is 2. The molecule has 0 spiro atoms. The number of carbonyl (C=O) groups is 2. The molecule has 0 saturated carbocycles. The fraction of sp³-hybridized carbons (Fsp3) is 0.429. The first-order chi connectivity index (χ1) is 35.3. The highest BCUT2D eigenvalue weighted by Gasteiger charge is 2.66. The van der Waals surface area contributed by atoms with E-state index in [-0.39, 0.29) is 60.7 Å². The van der Waals surface area contributed by atoms with Crippen LogP contribution in [0, 0.1) is 0 Å². The third kappa shape index (κ3) is 9.12. The van der Waals surface area contributed by atoms with E-state index in [4.69, 9.17) is 67.0 Å². The fourth-order valence-corrected chi connectivity index (χ4v) is 13.4. The molecule has 0 unspecified atom stereocenters. The van der Waals surface area contributed by atoms with E-state index in [2.05, 4.69) is 61.8 Å². The second kappa shape index (κ2) is 19.2. The summed E-state index contributed by atoms with van der Waals surface area (Å²) in [7, 11) is -7.98. The minimum Gasteiger partial charge on any atom is -0.424 e. The molecule has 0 aliphatic carbocycles. The number of benzene rings is 2. The van der Waals surface area contributed by atoms with Gasteiger partial charge in [0.2, 0.25) is 11.9 Å². The number of ether oxygens (including phenoxy) is 6. The van der Waals surface area contributed by atoms with E-state index < -0.39 is 99.4 Å². The van der Waals surface area contributed by atoms with Crippen LogP contribution in [0.3, 0.4) is 0 Å². The molecule has 6 saturated heterocycles. The Labute approximate surface area is 432 Å². The normalized spacial score (nSPS) is 33.3. The molecular formula is C42H42Br2N10O18P2. The molecule has 12 rings (SSSR count). The van der Waals surface area contributed by atoms with Crippen molar-refractivity contribution < 1.29 is 74.3 Å². The predicted octanol–water partition coefficient (Wildman–Crippen LogP) is 5.92. The SMILES string of the molecule is C[C@@]12OC(=O)O[C@@H]1[C@@H](CO[P@@]1(=O)OCC[C@@H](c3ccccc3Br)O1)O[C@H]2n1cnc2c(=O)[nH]c(N)nc21.C[C@@]12OC(=O)O[C@@H]1[C@@H](CO[P@]1(=O)OCC[C@H](c3ccccc3Br)O1)O[C@H]2n1cnc2c(=O)[nH]c(N)nc21. The number of anilines is 2. The maximum Gasteiger partial charge on any atom is 0.509 e. The van der Waals surface area contributed by atoms with Crippen molar-refractivity contribution >= 4 is 94.0 Å². The first kappa shape index (κ1) is 50.5. The lowest BCUT2D eigenvalue weighted by molar-refractivity contribution is -0.0927. The number of hydrogen-bond donors (Lipinski definition) is 4. The van der Waals surface area contributed by atoms with Crippen molar-refractivity contribution in [3.05, 3.63) is 102 Å². The summed E-state index contributed by atoms with van der Waals surface area (Å²) in [5.74, 6) is -0.245. The zero-order chi connectivity index (χ0) is 51.9. The quantitative estimate of drug-likeness (QED) is 0.0913. The number of aromatic nitrogens is 8. The molecule has 6 N–H and O–H groups in total. The summed E-state index contributed by atoms with van der Waals surface area (Å²) in [6.07, 6.45) is -5.03. The van der Waals surface area contributed by atoms with Gasteiger partial charge in [0.05, 0.1) is 51.3 Å². The highest BCUT2D eigenvalue weighted by atomic mass is 79.9. The van der Waals surface area contributed by atoms with Gasteiger partial charge in [0.1, 0.15) is 12.2 Å². The standard InChI is InChI=1S/2C21H21BrN5O9P/c2*1-21-15(34-20(29)35-21)13(33-18(21)27-9-24-14-16(27)25-19(23)26-17(14)28)8-32-37(30)31-7-6-12(36-37)10-4-2-3-5-11(10)22/h2*2-5,9,12-13,15,18H,6-8H2,1H3,(H3,23,25,26,28)/t12-,13+,15+,18+,21+,37+;12-,13-,15-,18-,21-,37+/m01/s1. The Balaban J connectivity index is 0.000000159. The number of nitrogens with two attached hydrogens (primary N) is 2. The van der Waals surface area contributed by atoms with Crippen molar-refractivity contribution in [3.8, 4) is 0 Å². The number of nitrogen functional groups attached to an aromatic ring is 2. The third-order valence-electron chi connectivity index (χ3n) is 12.9. The van der Waals surface area contributed by atoms with Crippen molar-refractivity contribution in [2.24, 2.45) is 0 Å². The number of hydrogen-bond acceptors (Lipinski definition) is 24. The van der Waals surface area contributed by atoms with Gasteiger partial charge in [-0.05, 0) is 37.1 Å². The molecule has 0 bridgehead atoms. The van der Waals surface area contributed by atoms with Crippen LogP contribution >= 0.6 is 47.5 Å². The van der Waals surface area contributed by atoms with Gasteiger partial charge in [-0.3, -0.25) is 55.8 Å². The molecule has 2 aromatic carbocycles. The number of nitrogens with zero attached hydrogens (tertiary/aromatic N) is 6. The molecule has 392 valence electrons. The number of H-pyrrole nitrogens is 2. The summed E-state index contributed by atoms with van der Waals surface area (Å²) in [4.78, 5) is 69.9. The van der Waals surface area contributed by atoms with Gasteiger partial charge in [-0.2, -0.15) is 9.97 Å². The number of rotatable bonds is 10. The van der Waals surface area contributed by atoms with Crippen LogP contribution in [0.1, 0.15) is 62.5 Å². The minimum absolute atomic E-state index is 0.0226. The van der Waals surface area contributed by atoms with Crippen LogP contribution < -0.4 is 22.6 Å². The molecule has 4 aromatic heterocycles. The molecule has 6 aliphatic rings. The fourth-order valence-electron chi connectivity index (χ4n) is 9.53. The van der Waals surface area contributed by atoms with Gasteiger partial charge in [-0.1, -0.05) is 68.3 Å². The average Bonchev–Trinajstić information content (AvgIpc) is 4.19. The van der Waals surface area contributed by atoms with Gasteiger partial charge >= 0.3 is 28.0 Å². The number of fused-ring (bicyclic) bond motifs is 4. The Bertz CT molecular complexity index is 3210. The predicted molar refractivity (Wildman–Crippen MR) is 257 cm³/mol. The third-order valence-corrected chi connectivity index (χ3v) is 17.3. The average molecular weight is 1200 g/mol. The molecule has 12 atom stereocenters. The highest BCUT2D eigenvalue weighted by molar-refractivity contribution is 9.10. The van der Waals surface area contributed by atoms with Crippen LogP contribution in [0.4, 0.5) is 21.5 Å². The van der Waals surface area contributed by atoms with Crippen molar-refractivity contribution in [2.45, 2.75) is 87.0 Å². The lowest BCUT2D eigenvalue weighted by Gasteiger charge is -2.30. The van der Waals surface area contributed by atoms with Crippen LogP contribution in [0.15, 0.2) is 79.7 Å². The lowest BCUT2D eigenvalue weighted by atomic mass is 9.96. The van der Waals surface area contributed by atoms with Gasteiger partial charge in [0.25, 0.3) is 11.1 Å². The zero-order valence-electron chi connectivity index (χ0n) is 38.5. The number of carbonyl (C=O) groups excluding carboxylic acids is 2. The van der Waals surface area contributed by atoms with Gasteiger partial charge in [-0.25, -0.2) is 28.7 Å². The molecule has 74 heavy (non-hydrogen) atoms. The monoisotopic (exact) mass is 1190 g/mol. The lowest BCUT2D eigenvalue weighted by Crippen LogP contribution is -2.42. The minimum atomic E-state index is -3.99. The molecule has 32 heteroatoms. The Morgan fingerprint density at radius 3 is 1.49 bits per heavy atom. The maximum absolute atomic E-state index is 13.3. The first-order valence-electron chi connectivity index (χ1n) is 22.5. The van der Waals surface area contributed by atoms with Crippen LogP contribution in [-0.4, -0.2) is 113 Å². The number of aromatic amines is 2. The van der Waals surface area contributed by atoms with Gasteiger partial charge in [-0.15, -0.1) is 0 Å². The van der Waals surface area contributed by atoms with E-state index in [1.54, 1.807) is 13.8 Å². The number of phosphoric acid groups is 2. The Morgan fingerprint density at radius 2 is 1.08 bits per heavy atom. The maximum atomic E-state index is 13.3. The first-order valence-corrected chi connectivity index (χ1v) is 27.0. The molecular weight excluding hydrogens is 1150 g/mol. The molecule has 0 amide bonds. The van der Waals surface area contributed by atoms with Gasteiger partial charge < -0.3 is 39.9 Å². The molecule has 6 aromatic rings. The molecule has 6 fully saturated rings. The van der Waals surface area contributed by atoms with Crippen molar-refractivity contribution in [1.82, 2.24) is 39.0 Å². The van der Waals surface area contributed by atoms with E-state index in [0.717, 1.165) is 20.1 Å². The Hall–Kier alpha value is -5.62. The second-order valence-corrected chi connectivity index (χ2v) is 22.7. The molecule has 6 aliphatic heterocycles. The topological polar surface area (TPSA) is 358 Å². The number of phosphoric ester groups is 2. The summed E-state index contributed by atoms with van der Waals surface area (Å²) in [6.45, 7) is 2.90. The summed E-state index contributed by atoms with van der Waals surface area (Å²) >= 11 is 6.96. The highest BCUT2D eigenvalue weighted by Crippen LogP contribution is 2.60. The Kier molecular flexibility index (Phi) is 13.1. The molecule has 28 nitrogen and oxygen atoms in total. The van der Waals surface area contributed by atoms with Crippen molar-refractivity contribution in [1.29, 1.82) is 0 Å². The van der Waals surface area contributed by atoms with E-state index >= 15 is 0 Å². The number of halogens is 2. The van der Waals surface area contributed by atoms with Crippen LogP contribution in [0.5, 0.6) is 0 Å². The second-order valence-electron chi connectivity index (χ2n) is 17.7. The zero-order valence-corrected chi connectivity index (χ0v) is 43.4. The molecule has 10 heterocycles. The summed E-state index contributed by atoms with van der Waals surface area (Å²) < 4.78 is 98.7. The van der Waals surface area contributed by atoms with Crippen LogP contribution in [-0.2, 0) is 64.7 Å². The molecule has 0 radical (unpaired) electrons. The van der Waals surface area contributed by atoms with E-state index in [1.165, 1.54) is 21.8 Å². The van der Waals surface area contributed by atoms with Crippen molar-refractivity contribution in [3.63, 3.8) is 0 Å². The Morgan fingerprint density at radius 1 is 0.676 bits per heavy atom. The summed E-state index contributed by atoms with van der Waals surface area (Å²) in [6, 6.07) is 14.9. The van der Waals surface area contributed by atoms with E-state index in [1.807, 2.05) is 48.5 Å². The summed E-state index contributed by atoms with van der Waals surface area (Å²) in [5, 5.41) is 0. The largest absolute Gasteiger partial charge is 0.509 e. The van der Waals surface area contributed by atoms with Gasteiger partial charge in [0.15, 0.2) is 58.2 Å². The number of nitrogens with one attached hydrogen (secondary N) is 2. The van der Waals surface area contributed by atoms with Crippen LogP contribution in [0.2, 0.25) is 0 Å². The van der Waals surface area contributed by atoms with E-state index in [0.29, 0.717) is 12.8 Å². The van der Waals surface area contributed by atoms with Crippen LogP contribution in [0.25, 0.3) is 22.3 Å². The van der Waals surface area contributed by atoms with Gasteiger partial charge in [0, 0.05) is 21.8 Å². The summed E-state index contributed by atoms with van der Waals surface area (Å²) in [5.41, 5.74) is 9.56.